The highest BCUT2D eigenvalue weighted by Crippen LogP contribution is 2.43. The van der Waals surface area contributed by atoms with Gasteiger partial charge in [0, 0.05) is 53.3 Å². The molecule has 0 atom stereocenters. The summed E-state index contributed by atoms with van der Waals surface area (Å²) >= 11 is 1.81. The van der Waals surface area contributed by atoms with Gasteiger partial charge in [0.05, 0.1) is 11.0 Å². The smallest absolute Gasteiger partial charge is 0.164 e. The number of hydrogen-bond donors (Lipinski definition) is 0. The number of para-hydroxylation sites is 2. The summed E-state index contributed by atoms with van der Waals surface area (Å²) in [6.07, 6.45) is 0. The first-order valence-electron chi connectivity index (χ1n) is 20.8. The summed E-state index contributed by atoms with van der Waals surface area (Å²) in [6.45, 7) is 0. The van der Waals surface area contributed by atoms with Crippen LogP contribution in [0.5, 0.6) is 0 Å². The fraction of sp³-hybridized carbons (Fsp3) is 0. The Labute approximate surface area is 362 Å². The van der Waals surface area contributed by atoms with Gasteiger partial charge >= 0.3 is 0 Å². The molecule has 12 aromatic rings. The molecule has 290 valence electrons. The van der Waals surface area contributed by atoms with Crippen LogP contribution in [0.25, 0.3) is 115 Å². The van der Waals surface area contributed by atoms with E-state index in [1.807, 2.05) is 12.1 Å². The molecule has 4 nitrogen and oxygen atoms in total. The Kier molecular flexibility index (Phi) is 8.65. The second kappa shape index (κ2) is 14.9. The number of hydrogen-bond acceptors (Lipinski definition) is 4. The Hall–Kier alpha value is -7.99. The third-order valence-electron chi connectivity index (χ3n) is 11.8. The molecule has 9 aromatic carbocycles. The van der Waals surface area contributed by atoms with Crippen molar-refractivity contribution in [1.29, 1.82) is 0 Å². The van der Waals surface area contributed by atoms with Crippen molar-refractivity contribution in [3.8, 4) is 73.2 Å². The van der Waals surface area contributed by atoms with Crippen LogP contribution in [-0.4, -0.2) is 19.5 Å². The molecule has 3 aromatic heterocycles. The van der Waals surface area contributed by atoms with Crippen molar-refractivity contribution in [3.63, 3.8) is 0 Å². The zero-order chi connectivity index (χ0) is 41.0. The van der Waals surface area contributed by atoms with Crippen LogP contribution in [0, 0.1) is 0 Å². The summed E-state index contributed by atoms with van der Waals surface area (Å²) in [7, 11) is 0. The van der Waals surface area contributed by atoms with Crippen molar-refractivity contribution in [3.05, 3.63) is 218 Å². The van der Waals surface area contributed by atoms with Crippen molar-refractivity contribution in [2.75, 3.05) is 0 Å². The molecule has 5 heteroatoms. The van der Waals surface area contributed by atoms with E-state index in [-0.39, 0.29) is 0 Å². The number of nitrogens with zero attached hydrogens (tertiary/aromatic N) is 4. The van der Waals surface area contributed by atoms with Gasteiger partial charge in [0.1, 0.15) is 0 Å². The number of fused-ring (bicyclic) bond motifs is 6. The minimum absolute atomic E-state index is 0.632. The van der Waals surface area contributed by atoms with Crippen molar-refractivity contribution < 1.29 is 0 Å². The molecule has 0 amide bonds. The van der Waals surface area contributed by atoms with Gasteiger partial charge in [0.15, 0.2) is 17.5 Å². The summed E-state index contributed by atoms with van der Waals surface area (Å²) in [5, 5.41) is 4.80. The Balaban J connectivity index is 1.03. The van der Waals surface area contributed by atoms with Crippen LogP contribution in [0.3, 0.4) is 0 Å². The van der Waals surface area contributed by atoms with E-state index in [1.54, 1.807) is 11.3 Å². The fourth-order valence-corrected chi connectivity index (χ4v) is 10.0. The minimum atomic E-state index is 0.632. The Morgan fingerprint density at radius 3 is 1.48 bits per heavy atom. The lowest BCUT2D eigenvalue weighted by Crippen LogP contribution is -2.00. The molecule has 3 heterocycles. The Morgan fingerprint density at radius 2 is 0.806 bits per heavy atom. The standard InChI is InChI=1S/C57H36N4S/c1-4-15-37(16-5-1)39-19-12-21-43(33-39)55-58-56(44-22-13-20-40(34-44)38-17-6-2-7-18-38)60-57(59-55)47-26-14-28-53-54(47)49-36-42(30-32-52(49)62-53)41-29-31-51-48(35-41)46-25-10-11-27-50(46)61(51)45-23-8-3-9-24-45/h1-36H. The molecule has 0 unspecified atom stereocenters. The lowest BCUT2D eigenvalue weighted by atomic mass is 9.99. The van der Waals surface area contributed by atoms with Gasteiger partial charge in [-0.3, -0.25) is 0 Å². The molecule has 12 rings (SSSR count). The largest absolute Gasteiger partial charge is 0.309 e. The second-order valence-electron chi connectivity index (χ2n) is 15.6. The van der Waals surface area contributed by atoms with E-state index in [0.29, 0.717) is 17.5 Å². The first-order chi connectivity index (χ1) is 30.7. The molecule has 0 saturated carbocycles. The van der Waals surface area contributed by atoms with Crippen molar-refractivity contribution in [2.24, 2.45) is 0 Å². The average Bonchev–Trinajstić information content (AvgIpc) is 3.90. The van der Waals surface area contributed by atoms with Crippen molar-refractivity contribution >= 4 is 53.3 Å². The first kappa shape index (κ1) is 35.9. The molecule has 0 aliphatic heterocycles. The lowest BCUT2D eigenvalue weighted by molar-refractivity contribution is 1.08. The highest BCUT2D eigenvalue weighted by atomic mass is 32.1. The first-order valence-corrected chi connectivity index (χ1v) is 21.7. The minimum Gasteiger partial charge on any atom is -0.309 e. The van der Waals surface area contributed by atoms with Crippen LogP contribution in [-0.2, 0) is 0 Å². The summed E-state index contributed by atoms with van der Waals surface area (Å²) < 4.78 is 4.78. The van der Waals surface area contributed by atoms with Crippen LogP contribution in [0.1, 0.15) is 0 Å². The van der Waals surface area contributed by atoms with Crippen LogP contribution in [0.15, 0.2) is 218 Å². The number of aromatic nitrogens is 4. The van der Waals surface area contributed by atoms with E-state index < -0.39 is 0 Å². The van der Waals surface area contributed by atoms with E-state index >= 15 is 0 Å². The van der Waals surface area contributed by atoms with Gasteiger partial charge in [-0.2, -0.15) is 0 Å². The molecular weight excluding hydrogens is 773 g/mol. The highest BCUT2D eigenvalue weighted by molar-refractivity contribution is 7.26. The normalized spacial score (nSPS) is 11.5. The maximum atomic E-state index is 5.30. The van der Waals surface area contributed by atoms with E-state index in [4.69, 9.17) is 15.0 Å². The lowest BCUT2D eigenvalue weighted by Gasteiger charge is -2.11. The van der Waals surface area contributed by atoms with Gasteiger partial charge in [0.2, 0.25) is 0 Å². The van der Waals surface area contributed by atoms with Crippen LogP contribution in [0.4, 0.5) is 0 Å². The Morgan fingerprint density at radius 1 is 0.306 bits per heavy atom. The summed E-state index contributed by atoms with van der Waals surface area (Å²) in [5.74, 6) is 1.91. The quantitative estimate of drug-likeness (QED) is 0.161. The average molecular weight is 809 g/mol. The van der Waals surface area contributed by atoms with Crippen LogP contribution in [0.2, 0.25) is 0 Å². The molecule has 0 spiro atoms. The SMILES string of the molecule is c1ccc(-c2cccc(-c3nc(-c4cccc(-c5ccccc5)c4)nc(-c4cccc5sc6ccc(-c7ccc8c(c7)c7ccccc7n8-c7ccccc7)cc6c45)n3)c2)cc1. The molecule has 0 radical (unpaired) electrons. The molecule has 62 heavy (non-hydrogen) atoms. The zero-order valence-corrected chi connectivity index (χ0v) is 34.3. The van der Waals surface area contributed by atoms with Gasteiger partial charge in [-0.15, -0.1) is 11.3 Å². The van der Waals surface area contributed by atoms with Gasteiger partial charge < -0.3 is 4.57 Å². The van der Waals surface area contributed by atoms with Gasteiger partial charge in [-0.05, 0) is 94.0 Å². The maximum Gasteiger partial charge on any atom is 0.164 e. The zero-order valence-electron chi connectivity index (χ0n) is 33.5. The molecular formula is C57H36N4S. The topological polar surface area (TPSA) is 43.6 Å². The van der Waals surface area contributed by atoms with E-state index in [1.165, 1.54) is 42.2 Å². The predicted molar refractivity (Wildman–Crippen MR) is 260 cm³/mol. The van der Waals surface area contributed by atoms with Crippen LogP contribution >= 0.6 is 11.3 Å². The molecule has 0 bridgehead atoms. The van der Waals surface area contributed by atoms with E-state index in [2.05, 4.69) is 211 Å². The molecule has 0 saturated heterocycles. The maximum absolute atomic E-state index is 5.30. The number of rotatable bonds is 7. The van der Waals surface area contributed by atoms with Crippen molar-refractivity contribution in [1.82, 2.24) is 19.5 Å². The molecule has 0 aliphatic carbocycles. The molecule has 0 N–H and O–H groups in total. The van der Waals surface area contributed by atoms with Crippen molar-refractivity contribution in [2.45, 2.75) is 0 Å². The second-order valence-corrected chi connectivity index (χ2v) is 16.7. The third kappa shape index (κ3) is 6.26. The van der Waals surface area contributed by atoms with Gasteiger partial charge in [0.25, 0.3) is 0 Å². The number of thiophene rings is 1. The molecule has 0 aliphatic rings. The Bertz CT molecular complexity index is 3530. The van der Waals surface area contributed by atoms with E-state index in [0.717, 1.165) is 55.6 Å². The van der Waals surface area contributed by atoms with Gasteiger partial charge in [-0.25, -0.2) is 15.0 Å². The fourth-order valence-electron chi connectivity index (χ4n) is 8.89. The van der Waals surface area contributed by atoms with Gasteiger partial charge in [-0.1, -0.05) is 158 Å². The third-order valence-corrected chi connectivity index (χ3v) is 13.0. The predicted octanol–water partition coefficient (Wildman–Crippen LogP) is 15.3. The van der Waals surface area contributed by atoms with Crippen LogP contribution < -0.4 is 0 Å². The number of benzene rings is 9. The van der Waals surface area contributed by atoms with E-state index in [9.17, 15) is 0 Å². The molecule has 0 fully saturated rings. The summed E-state index contributed by atoms with van der Waals surface area (Å²) in [4.78, 5) is 15.8. The monoisotopic (exact) mass is 808 g/mol. The summed E-state index contributed by atoms with van der Waals surface area (Å²) in [6, 6.07) is 77.5. The summed E-state index contributed by atoms with van der Waals surface area (Å²) in [5.41, 5.74) is 13.2. The highest BCUT2D eigenvalue weighted by Gasteiger charge is 2.19.